The highest BCUT2D eigenvalue weighted by Gasteiger charge is 2.05. The van der Waals surface area contributed by atoms with Crippen molar-refractivity contribution >= 4 is 0 Å². The van der Waals surface area contributed by atoms with Crippen molar-refractivity contribution in [1.29, 1.82) is 0 Å². The maximum atomic E-state index is 4.12. The summed E-state index contributed by atoms with van der Waals surface area (Å²) in [5, 5.41) is 88.3. The Morgan fingerprint density at radius 3 is 1.00 bits per heavy atom. The first-order chi connectivity index (χ1) is 44.2. The molecule has 0 aliphatic heterocycles. The molecule has 0 saturated carbocycles. The first-order valence-electron chi connectivity index (χ1n) is 31.4. The molecule has 0 N–H and O–H groups in total. The predicted molar refractivity (Wildman–Crippen MR) is 363 cm³/mol. The van der Waals surface area contributed by atoms with Crippen LogP contribution in [0.2, 0.25) is 0 Å². The number of aryl methyl sites for hydroxylation is 6. The molecule has 95 heavy (non-hydrogen) atoms. The minimum Gasteiger partial charge on any atom is -0.270 e. The Balaban J connectivity index is 0.00000102. The lowest BCUT2D eigenvalue weighted by atomic mass is 10.4. The molecule has 0 aliphatic rings. The maximum Gasteiger partial charge on any atom is 0.171 e. The molecule has 0 spiro atoms. The second-order valence-corrected chi connectivity index (χ2v) is 23.8. The topological polar surface area (TPSA) is 376 Å². The molecule has 36 nitrogen and oxygen atoms in total. The highest BCUT2D eigenvalue weighted by Crippen LogP contribution is 2.06. The number of aromatic nitrogens is 36. The van der Waals surface area contributed by atoms with Crippen molar-refractivity contribution in [2.75, 3.05) is 0 Å². The molecule has 11 aromatic rings. The normalized spacial score (nSPS) is 10.4. The summed E-state index contributed by atoms with van der Waals surface area (Å²) >= 11 is 0. The number of hydrogen-bond donors (Lipinski definition) is 0. The van der Waals surface area contributed by atoms with E-state index < -0.39 is 0 Å². The van der Waals surface area contributed by atoms with Crippen LogP contribution in [0.3, 0.4) is 0 Å². The Hall–Kier alpha value is -9.67. The van der Waals surface area contributed by atoms with Crippen molar-refractivity contribution in [2.24, 2.45) is 0 Å². The lowest BCUT2D eigenvalue weighted by molar-refractivity contribution is 0.454. The molecular weight excluding hydrogens is 1210 g/mol. The van der Waals surface area contributed by atoms with Crippen LogP contribution in [0.15, 0.2) is 81.1 Å². The van der Waals surface area contributed by atoms with Gasteiger partial charge in [-0.15, -0.1) is 45.9 Å². The van der Waals surface area contributed by atoms with Gasteiger partial charge in [-0.25, -0.2) is 24.0 Å². The molecule has 11 heterocycles. The smallest absolute Gasteiger partial charge is 0.171 e. The van der Waals surface area contributed by atoms with Crippen LogP contribution in [0.1, 0.15) is 261 Å². The Morgan fingerprint density at radius 2 is 0.811 bits per heavy atom. The third-order valence-corrected chi connectivity index (χ3v) is 11.3. The van der Waals surface area contributed by atoms with Gasteiger partial charge < -0.3 is 0 Å². The van der Waals surface area contributed by atoms with Gasteiger partial charge in [0.1, 0.15) is 31.1 Å². The van der Waals surface area contributed by atoms with Gasteiger partial charge in [0.25, 0.3) is 0 Å². The van der Waals surface area contributed by atoms with Crippen molar-refractivity contribution < 1.29 is 0 Å². The summed E-state index contributed by atoms with van der Waals surface area (Å²) in [5.41, 5.74) is 3.07. The average molecular weight is 1330 g/mol. The molecular formula is C59H112N36. The van der Waals surface area contributed by atoms with Gasteiger partial charge in [-0.3, -0.25) is 14.0 Å². The fraction of sp³-hybridized carbons (Fsp3) is 0.678. The fourth-order valence-electron chi connectivity index (χ4n) is 6.24. The summed E-state index contributed by atoms with van der Waals surface area (Å²) in [7, 11) is 0. The molecule has 0 aliphatic carbocycles. The molecule has 11 rings (SSSR count). The van der Waals surface area contributed by atoms with E-state index in [9.17, 15) is 0 Å². The fourth-order valence-corrected chi connectivity index (χ4v) is 6.24. The molecule has 528 valence electrons. The minimum absolute atomic E-state index is 0. The van der Waals surface area contributed by atoms with Gasteiger partial charge in [-0.05, 0) is 226 Å². The zero-order valence-electron chi connectivity index (χ0n) is 61.0. The molecule has 0 bridgehead atoms. The van der Waals surface area contributed by atoms with Crippen LogP contribution >= 0.6 is 0 Å². The predicted octanol–water partition coefficient (Wildman–Crippen LogP) is 10.1. The maximum absolute atomic E-state index is 4.12. The summed E-state index contributed by atoms with van der Waals surface area (Å²) < 4.78 is 11.0. The van der Waals surface area contributed by atoms with E-state index in [1.54, 1.807) is 94.3 Å². The second kappa shape index (κ2) is 46.4. The number of rotatable bonds is 11. The summed E-state index contributed by atoms with van der Waals surface area (Å²) in [6, 6.07) is 6.18. The minimum atomic E-state index is 0. The first-order valence-corrected chi connectivity index (χ1v) is 31.4. The first kappa shape index (κ1) is 85.3. The molecule has 0 unspecified atom stereocenters. The third-order valence-electron chi connectivity index (χ3n) is 11.3. The van der Waals surface area contributed by atoms with Crippen LogP contribution < -0.4 is 0 Å². The molecule has 0 radical (unpaired) electrons. The second-order valence-electron chi connectivity index (χ2n) is 23.8. The Morgan fingerprint density at radius 1 is 0.326 bits per heavy atom. The van der Waals surface area contributed by atoms with Gasteiger partial charge in [-0.1, -0.05) is 17.9 Å². The largest absolute Gasteiger partial charge is 0.270 e. The van der Waals surface area contributed by atoms with E-state index in [-0.39, 0.29) is 7.43 Å². The molecule has 0 amide bonds. The van der Waals surface area contributed by atoms with E-state index in [2.05, 4.69) is 211 Å². The van der Waals surface area contributed by atoms with Crippen LogP contribution in [-0.4, -0.2) is 180 Å². The van der Waals surface area contributed by atoms with E-state index in [0.717, 1.165) is 34.6 Å². The highest BCUT2D eigenvalue weighted by molar-refractivity contribution is 4.90. The summed E-state index contributed by atoms with van der Waals surface area (Å²) in [6.07, 6.45) is 20.5. The third kappa shape index (κ3) is 36.4. The zero-order valence-corrected chi connectivity index (χ0v) is 61.0. The van der Waals surface area contributed by atoms with Gasteiger partial charge in [0, 0.05) is 48.8 Å². The molecule has 36 heteroatoms. The van der Waals surface area contributed by atoms with Crippen LogP contribution in [0.5, 0.6) is 0 Å². The molecule has 11 aromatic heterocycles. The molecule has 0 aromatic carbocycles. The number of hydrogen-bond acceptors (Lipinski definition) is 25. The molecule has 0 atom stereocenters. The van der Waals surface area contributed by atoms with Gasteiger partial charge in [0.2, 0.25) is 0 Å². The monoisotopic (exact) mass is 1320 g/mol. The number of nitrogens with zero attached hydrogens (tertiary/aromatic N) is 36. The van der Waals surface area contributed by atoms with Crippen molar-refractivity contribution in [2.45, 2.75) is 268 Å². The van der Waals surface area contributed by atoms with Gasteiger partial charge in [0.15, 0.2) is 18.0 Å². The van der Waals surface area contributed by atoms with Crippen LogP contribution in [-0.2, 0) is 0 Å². The number of tetrazole rings is 4. The summed E-state index contributed by atoms with van der Waals surface area (Å²) in [4.78, 5) is 15.7. The summed E-state index contributed by atoms with van der Waals surface area (Å²) in [6.45, 7) is 56.5. The standard InChI is InChI=1S/3C6H11N3.C6H10N2.3C5H10N4.3C5H9N3.C4H8N4.CH4/c1-5(2)9-4-6(3)7-8-9;1-5(2)9-6(3)4-7-8-9;1-5(2)9-7-4-6(3)8-9;1-6(2)8-5-3-4-7-8;1-4(2)9-5(3)6-7-8-9;2*1-4(2)9-7-5(3)6-8-9;2*1-5(2)8-4-6-3-7-8;1-5(2)8-6-3-4-7-8;1-4(2)8-6-3-5-7-8;/h3*4-5H,1-3H3;3-6H,1-2H3;3*4H,1-3H3;3*3-5H,1-2H3;3-4H,1-2H3;1H4. The van der Waals surface area contributed by atoms with Crippen molar-refractivity contribution in [3.05, 3.63) is 116 Å². The molecule has 0 fully saturated rings. The zero-order chi connectivity index (χ0) is 71.0. The lowest BCUT2D eigenvalue weighted by Crippen LogP contribution is -2.04. The summed E-state index contributed by atoms with van der Waals surface area (Å²) in [5.74, 6) is 2.32. The van der Waals surface area contributed by atoms with E-state index >= 15 is 0 Å². The SMILES string of the molecule is C.CC(C)n1cccn1.CC(C)n1cncn1.CC(C)n1cncn1.CC(C)n1nccn1.CC(C)n1ncnn1.Cc1cn(C(C)C)nn1.Cc1cnn(C(C)C)n1.Cc1cnnn1C(C)C.Cc1nnn(C(C)C)n1.Cc1nnn(C(C)C)n1.Cc1nnnn1C(C)C. The quantitative estimate of drug-likeness (QED) is 0.116. The van der Waals surface area contributed by atoms with Crippen LogP contribution in [0, 0.1) is 41.5 Å². The van der Waals surface area contributed by atoms with Crippen molar-refractivity contribution in [3.8, 4) is 0 Å². The van der Waals surface area contributed by atoms with Crippen molar-refractivity contribution in [3.63, 3.8) is 0 Å². The Kier molecular flexibility index (Phi) is 41.7. The van der Waals surface area contributed by atoms with Crippen LogP contribution in [0.4, 0.5) is 0 Å². The van der Waals surface area contributed by atoms with Gasteiger partial charge in [-0.2, -0.15) is 59.7 Å². The van der Waals surface area contributed by atoms with Crippen molar-refractivity contribution in [1.82, 2.24) is 180 Å². The van der Waals surface area contributed by atoms with Crippen LogP contribution in [0.25, 0.3) is 0 Å². The average Bonchev–Trinajstić information content (AvgIpc) is 2.82. The Labute approximate surface area is 561 Å². The van der Waals surface area contributed by atoms with E-state index in [0.29, 0.717) is 66.5 Å². The molecule has 0 saturated heterocycles. The lowest BCUT2D eigenvalue weighted by Gasteiger charge is -2.04. The van der Waals surface area contributed by atoms with E-state index in [4.69, 9.17) is 0 Å². The Bertz CT molecular complexity index is 2990. The van der Waals surface area contributed by atoms with E-state index in [1.807, 2.05) is 143 Å². The van der Waals surface area contributed by atoms with Gasteiger partial charge >= 0.3 is 0 Å². The van der Waals surface area contributed by atoms with E-state index in [1.165, 1.54) is 6.33 Å². The highest BCUT2D eigenvalue weighted by atomic mass is 15.6. The van der Waals surface area contributed by atoms with Gasteiger partial charge in [0.05, 0.1) is 78.1 Å².